The summed E-state index contributed by atoms with van der Waals surface area (Å²) in [5, 5.41) is 8.48. The second-order valence-electron chi connectivity index (χ2n) is 5.35. The van der Waals surface area contributed by atoms with E-state index in [2.05, 4.69) is 4.98 Å². The first-order valence-corrected chi connectivity index (χ1v) is 7.21. The highest BCUT2D eigenvalue weighted by atomic mass is 16.6. The highest BCUT2D eigenvalue weighted by Crippen LogP contribution is 2.27. The Balaban J connectivity index is 1.88. The van der Waals surface area contributed by atoms with Gasteiger partial charge in [0.05, 0.1) is 18.9 Å². The van der Waals surface area contributed by atoms with Crippen LogP contribution in [0.25, 0.3) is 0 Å². The van der Waals surface area contributed by atoms with E-state index in [0.717, 1.165) is 0 Å². The second kappa shape index (κ2) is 7.23. The maximum Gasteiger partial charge on any atom is 0.330 e. The molecule has 9 nitrogen and oxygen atoms in total. The quantitative estimate of drug-likeness (QED) is 0.700. The van der Waals surface area contributed by atoms with Crippen LogP contribution in [0.3, 0.4) is 0 Å². The van der Waals surface area contributed by atoms with Crippen molar-refractivity contribution >= 4 is 11.9 Å². The number of H-pyrrole nitrogens is 1. The molecule has 0 radical (unpaired) electrons. The molecule has 0 bridgehead atoms. The molecule has 1 aliphatic heterocycles. The minimum Gasteiger partial charge on any atom is -0.481 e. The minimum atomic E-state index is -1.06. The predicted octanol–water partition coefficient (Wildman–Crippen LogP) is -0.0694. The van der Waals surface area contributed by atoms with Gasteiger partial charge < -0.3 is 14.6 Å². The number of nitrogens with zero attached hydrogens (tertiary/aromatic N) is 1. The van der Waals surface area contributed by atoms with Crippen LogP contribution in [0, 0.1) is 6.92 Å². The minimum absolute atomic E-state index is 0.00599. The fourth-order valence-electron chi connectivity index (χ4n) is 2.28. The van der Waals surface area contributed by atoms with E-state index in [1.54, 1.807) is 6.92 Å². The monoisotopic (exact) mass is 326 g/mol. The summed E-state index contributed by atoms with van der Waals surface area (Å²) in [5.74, 6) is -1.66. The lowest BCUT2D eigenvalue weighted by Crippen LogP contribution is -2.33. The summed E-state index contributed by atoms with van der Waals surface area (Å²) >= 11 is 0. The molecule has 126 valence electrons. The lowest BCUT2D eigenvalue weighted by Gasteiger charge is -2.16. The number of carboxylic acid groups (broad SMARTS) is 1. The van der Waals surface area contributed by atoms with E-state index in [9.17, 15) is 19.2 Å². The van der Waals surface area contributed by atoms with E-state index in [1.807, 2.05) is 0 Å². The normalized spacial score (nSPS) is 20.4. The van der Waals surface area contributed by atoms with Crippen molar-refractivity contribution in [2.45, 2.75) is 44.9 Å². The van der Waals surface area contributed by atoms with Gasteiger partial charge in [-0.1, -0.05) is 0 Å². The van der Waals surface area contributed by atoms with Crippen LogP contribution in [0.4, 0.5) is 0 Å². The Morgan fingerprint density at radius 2 is 2.13 bits per heavy atom. The first-order valence-electron chi connectivity index (χ1n) is 7.21. The maximum absolute atomic E-state index is 11.8. The number of hydrogen-bond acceptors (Lipinski definition) is 6. The largest absolute Gasteiger partial charge is 0.481 e. The number of nitrogens with one attached hydrogen (secondary N) is 1. The Morgan fingerprint density at radius 3 is 2.83 bits per heavy atom. The fourth-order valence-corrected chi connectivity index (χ4v) is 2.28. The second-order valence-corrected chi connectivity index (χ2v) is 5.35. The van der Waals surface area contributed by atoms with Gasteiger partial charge in [-0.05, 0) is 19.8 Å². The van der Waals surface area contributed by atoms with Gasteiger partial charge in [0.25, 0.3) is 5.56 Å². The molecule has 2 heterocycles. The van der Waals surface area contributed by atoms with Crippen LogP contribution in [0.2, 0.25) is 0 Å². The van der Waals surface area contributed by atoms with Gasteiger partial charge in [0.1, 0.15) is 12.8 Å². The number of hydrogen-bond donors (Lipinski definition) is 2. The van der Waals surface area contributed by atoms with Crippen LogP contribution in [-0.4, -0.2) is 39.3 Å². The molecule has 1 aromatic heterocycles. The SMILES string of the molecule is Cc1cn([C@H]2CC[C@@H](COC(=O)CCC(=O)O)O2)c(=O)[nH]c1=O. The average molecular weight is 326 g/mol. The van der Waals surface area contributed by atoms with Gasteiger partial charge in [-0.15, -0.1) is 0 Å². The molecule has 0 saturated carbocycles. The zero-order chi connectivity index (χ0) is 17.0. The molecular formula is C14H18N2O7. The van der Waals surface area contributed by atoms with Gasteiger partial charge >= 0.3 is 17.6 Å². The summed E-state index contributed by atoms with van der Waals surface area (Å²) in [7, 11) is 0. The first kappa shape index (κ1) is 16.9. The number of rotatable bonds is 6. The van der Waals surface area contributed by atoms with Gasteiger partial charge in [0, 0.05) is 11.8 Å². The van der Waals surface area contributed by atoms with E-state index >= 15 is 0 Å². The summed E-state index contributed by atoms with van der Waals surface area (Å²) in [6.07, 6.45) is 1.20. The average Bonchev–Trinajstić information content (AvgIpc) is 2.95. The predicted molar refractivity (Wildman–Crippen MR) is 77.0 cm³/mol. The standard InChI is InChI=1S/C14H18N2O7/c1-8-6-16(14(21)15-13(8)20)10-3-2-9(23-10)7-22-12(19)5-4-11(17)18/h6,9-10H,2-5,7H2,1H3,(H,17,18)(H,15,20,21)/t9-,10+/m0/s1. The van der Waals surface area contributed by atoms with Crippen molar-refractivity contribution in [1.29, 1.82) is 0 Å². The molecule has 1 fully saturated rings. The number of ether oxygens (including phenoxy) is 2. The summed E-state index contributed by atoms with van der Waals surface area (Å²) in [6.45, 7) is 1.59. The van der Waals surface area contributed by atoms with E-state index < -0.39 is 29.4 Å². The smallest absolute Gasteiger partial charge is 0.330 e. The third kappa shape index (κ3) is 4.52. The van der Waals surface area contributed by atoms with Crippen LogP contribution < -0.4 is 11.2 Å². The van der Waals surface area contributed by atoms with Crippen molar-refractivity contribution in [2.75, 3.05) is 6.61 Å². The number of aliphatic carboxylic acids is 1. The molecule has 2 rings (SSSR count). The summed E-state index contributed by atoms with van der Waals surface area (Å²) in [5.41, 5.74) is -0.588. The van der Waals surface area contributed by atoms with E-state index in [1.165, 1.54) is 10.8 Å². The van der Waals surface area contributed by atoms with Gasteiger partial charge in [-0.3, -0.25) is 23.9 Å². The van der Waals surface area contributed by atoms with Crippen molar-refractivity contribution in [1.82, 2.24) is 9.55 Å². The Bertz CT molecular complexity index is 706. The molecule has 0 aliphatic carbocycles. The van der Waals surface area contributed by atoms with Crippen LogP contribution in [0.1, 0.15) is 37.5 Å². The molecular weight excluding hydrogens is 308 g/mol. The number of carbonyl (C=O) groups excluding carboxylic acids is 1. The van der Waals surface area contributed by atoms with Crippen molar-refractivity contribution in [3.05, 3.63) is 32.6 Å². The Labute approximate surface area is 130 Å². The molecule has 1 aromatic rings. The van der Waals surface area contributed by atoms with E-state index in [0.29, 0.717) is 18.4 Å². The third-order valence-electron chi connectivity index (χ3n) is 3.51. The highest BCUT2D eigenvalue weighted by Gasteiger charge is 2.28. The number of aromatic nitrogens is 2. The molecule has 0 aromatic carbocycles. The Morgan fingerprint density at radius 1 is 1.39 bits per heavy atom. The summed E-state index contributed by atoms with van der Waals surface area (Å²) in [4.78, 5) is 47.1. The van der Waals surface area contributed by atoms with Crippen LogP contribution in [0.15, 0.2) is 15.8 Å². The molecule has 23 heavy (non-hydrogen) atoms. The lowest BCUT2D eigenvalue weighted by atomic mass is 10.2. The molecule has 2 N–H and O–H groups in total. The van der Waals surface area contributed by atoms with Crippen LogP contribution >= 0.6 is 0 Å². The van der Waals surface area contributed by atoms with Crippen molar-refractivity contribution in [2.24, 2.45) is 0 Å². The third-order valence-corrected chi connectivity index (χ3v) is 3.51. The van der Waals surface area contributed by atoms with Crippen molar-refractivity contribution < 1.29 is 24.2 Å². The summed E-state index contributed by atoms with van der Waals surface area (Å²) in [6, 6.07) is 0. The first-order chi connectivity index (χ1) is 10.9. The number of aromatic amines is 1. The highest BCUT2D eigenvalue weighted by molar-refractivity contribution is 5.76. The Hall–Kier alpha value is -2.42. The fraction of sp³-hybridized carbons (Fsp3) is 0.571. The molecule has 9 heteroatoms. The molecule has 0 unspecified atom stereocenters. The number of carboxylic acids is 1. The lowest BCUT2D eigenvalue weighted by molar-refractivity contribution is -0.151. The zero-order valence-electron chi connectivity index (χ0n) is 12.6. The zero-order valence-corrected chi connectivity index (χ0v) is 12.6. The van der Waals surface area contributed by atoms with E-state index in [-0.39, 0.29) is 25.6 Å². The molecule has 2 atom stereocenters. The van der Waals surface area contributed by atoms with Crippen LogP contribution in [0.5, 0.6) is 0 Å². The van der Waals surface area contributed by atoms with Crippen molar-refractivity contribution in [3.63, 3.8) is 0 Å². The topological polar surface area (TPSA) is 128 Å². The van der Waals surface area contributed by atoms with Gasteiger partial charge in [-0.2, -0.15) is 0 Å². The molecule has 1 aliphatic rings. The van der Waals surface area contributed by atoms with E-state index in [4.69, 9.17) is 14.6 Å². The summed E-state index contributed by atoms with van der Waals surface area (Å²) < 4.78 is 11.9. The number of carbonyl (C=O) groups is 2. The molecule has 1 saturated heterocycles. The van der Waals surface area contributed by atoms with Gasteiger partial charge in [0.15, 0.2) is 0 Å². The maximum atomic E-state index is 11.8. The van der Waals surface area contributed by atoms with Crippen LogP contribution in [-0.2, 0) is 19.1 Å². The van der Waals surface area contributed by atoms with Gasteiger partial charge in [0.2, 0.25) is 0 Å². The van der Waals surface area contributed by atoms with Crippen molar-refractivity contribution in [3.8, 4) is 0 Å². The molecule has 0 amide bonds. The number of aryl methyl sites for hydroxylation is 1. The Kier molecular flexibility index (Phi) is 5.32. The number of esters is 1. The van der Waals surface area contributed by atoms with Gasteiger partial charge in [-0.25, -0.2) is 4.79 Å². The molecule has 0 spiro atoms.